The zero-order valence-electron chi connectivity index (χ0n) is 16.8. The van der Waals surface area contributed by atoms with Crippen LogP contribution in [0.2, 0.25) is 0 Å². The second kappa shape index (κ2) is 8.90. The molecule has 1 fully saturated rings. The molecule has 0 bridgehead atoms. The smallest absolute Gasteiger partial charge is 0.251 e. The minimum atomic E-state index is -0.110. The molecular formula is C22H27N3O2S2. The highest BCUT2D eigenvalue weighted by molar-refractivity contribution is 8.00. The number of amides is 2. The van der Waals surface area contributed by atoms with Gasteiger partial charge in [0.2, 0.25) is 5.91 Å². The number of thioether (sulfide) groups is 1. The fraction of sp³-hybridized carbons (Fsp3) is 0.455. The molecule has 3 heterocycles. The Bertz CT molecular complexity index is 876. The van der Waals surface area contributed by atoms with Gasteiger partial charge in [-0.15, -0.1) is 23.1 Å². The van der Waals surface area contributed by atoms with Gasteiger partial charge < -0.3 is 10.6 Å². The second-order valence-electron chi connectivity index (χ2n) is 7.92. The van der Waals surface area contributed by atoms with Gasteiger partial charge in [-0.2, -0.15) is 0 Å². The van der Waals surface area contributed by atoms with Crippen LogP contribution in [0.25, 0.3) is 0 Å². The van der Waals surface area contributed by atoms with Crippen LogP contribution in [0.3, 0.4) is 0 Å². The van der Waals surface area contributed by atoms with Gasteiger partial charge >= 0.3 is 0 Å². The highest BCUT2D eigenvalue weighted by atomic mass is 32.2. The molecule has 2 unspecified atom stereocenters. The number of anilines is 1. The van der Waals surface area contributed by atoms with E-state index in [1.165, 1.54) is 29.5 Å². The number of nitrogens with zero attached hydrogens (tertiary/aromatic N) is 1. The van der Waals surface area contributed by atoms with Crippen LogP contribution in [-0.4, -0.2) is 41.6 Å². The number of fused-ring (bicyclic) bond motifs is 1. The summed E-state index contributed by atoms with van der Waals surface area (Å²) in [7, 11) is 0. The van der Waals surface area contributed by atoms with E-state index in [2.05, 4.69) is 40.0 Å². The van der Waals surface area contributed by atoms with E-state index in [0.29, 0.717) is 12.1 Å². The molecule has 7 heteroatoms. The Kier molecular flexibility index (Phi) is 6.27. The zero-order chi connectivity index (χ0) is 20.4. The Morgan fingerprint density at radius 3 is 2.79 bits per heavy atom. The third kappa shape index (κ3) is 4.68. The van der Waals surface area contributed by atoms with E-state index in [1.807, 2.05) is 19.1 Å². The van der Waals surface area contributed by atoms with Crippen molar-refractivity contribution in [3.05, 3.63) is 46.2 Å². The maximum atomic E-state index is 12.8. The van der Waals surface area contributed by atoms with Crippen LogP contribution in [0.5, 0.6) is 0 Å². The Labute approximate surface area is 180 Å². The molecule has 4 rings (SSSR count). The Balaban J connectivity index is 1.44. The van der Waals surface area contributed by atoms with Crippen molar-refractivity contribution in [1.82, 2.24) is 10.2 Å². The summed E-state index contributed by atoms with van der Waals surface area (Å²) in [6, 6.07) is 9.99. The number of nitrogens with one attached hydrogen (secondary N) is 2. The third-order valence-corrected chi connectivity index (χ3v) is 7.91. The molecule has 2 aromatic rings. The van der Waals surface area contributed by atoms with Gasteiger partial charge in [-0.1, -0.05) is 13.0 Å². The lowest BCUT2D eigenvalue weighted by Crippen LogP contribution is -2.41. The van der Waals surface area contributed by atoms with E-state index in [-0.39, 0.29) is 23.1 Å². The van der Waals surface area contributed by atoms with Crippen molar-refractivity contribution in [3.8, 4) is 0 Å². The van der Waals surface area contributed by atoms with E-state index >= 15 is 0 Å². The van der Waals surface area contributed by atoms with Gasteiger partial charge in [0.05, 0.1) is 17.0 Å². The number of hydrogen-bond acceptors (Lipinski definition) is 5. The Hall–Kier alpha value is -1.83. The normalized spacial score (nSPS) is 21.3. The summed E-state index contributed by atoms with van der Waals surface area (Å²) < 4.78 is 0. The molecule has 1 aromatic carbocycles. The first-order chi connectivity index (χ1) is 14.0. The molecule has 1 saturated heterocycles. The van der Waals surface area contributed by atoms with Gasteiger partial charge in [0, 0.05) is 21.9 Å². The van der Waals surface area contributed by atoms with Gasteiger partial charge in [0.1, 0.15) is 0 Å². The summed E-state index contributed by atoms with van der Waals surface area (Å²) in [5.41, 5.74) is 1.31. The summed E-state index contributed by atoms with van der Waals surface area (Å²) in [5.74, 6) is 0.658. The lowest BCUT2D eigenvalue weighted by atomic mass is 9.97. The average molecular weight is 430 g/mol. The highest BCUT2D eigenvalue weighted by Gasteiger charge is 2.27. The van der Waals surface area contributed by atoms with Crippen molar-refractivity contribution >= 4 is 40.6 Å². The zero-order valence-corrected chi connectivity index (χ0v) is 18.4. The number of benzene rings is 1. The first kappa shape index (κ1) is 20.4. The van der Waals surface area contributed by atoms with Crippen LogP contribution in [-0.2, 0) is 4.79 Å². The Morgan fingerprint density at radius 2 is 2.07 bits per heavy atom. The molecule has 1 aromatic heterocycles. The molecule has 0 spiro atoms. The molecule has 154 valence electrons. The molecule has 2 atom stereocenters. The number of carbonyl (C=O) groups excluding carboxylic acids is 2. The maximum Gasteiger partial charge on any atom is 0.251 e. The molecule has 2 aliphatic heterocycles. The van der Waals surface area contributed by atoms with Crippen LogP contribution in [0.15, 0.2) is 40.6 Å². The van der Waals surface area contributed by atoms with E-state index in [4.69, 9.17) is 0 Å². The largest absolute Gasteiger partial charge is 0.350 e. The van der Waals surface area contributed by atoms with Gasteiger partial charge in [0.25, 0.3) is 5.91 Å². The minimum Gasteiger partial charge on any atom is -0.350 e. The predicted molar refractivity (Wildman–Crippen MR) is 120 cm³/mol. The van der Waals surface area contributed by atoms with E-state index in [9.17, 15) is 9.59 Å². The number of carbonyl (C=O) groups is 2. The summed E-state index contributed by atoms with van der Waals surface area (Å²) in [5, 5.41) is 8.02. The average Bonchev–Trinajstić information content (AvgIpc) is 3.24. The number of piperidine rings is 1. The lowest BCUT2D eigenvalue weighted by molar-refractivity contribution is -0.115. The molecule has 2 amide bonds. The standard InChI is InChI=1S/C22H27N3O2S2/c1-14-7-9-25(10-8-14)18(20-4-3-11-28-20)13-23-22(27)16-5-6-19-17(12-16)24-21(26)15(2)29-19/h3-6,11-12,14-15,18H,7-10,13H2,1-2H3,(H,23,27)(H,24,26). The van der Waals surface area contributed by atoms with Gasteiger partial charge in [-0.3, -0.25) is 14.5 Å². The lowest BCUT2D eigenvalue weighted by Gasteiger charge is -2.36. The fourth-order valence-electron chi connectivity index (χ4n) is 3.87. The molecular weight excluding hydrogens is 402 g/mol. The number of likely N-dealkylation sites (tertiary alicyclic amines) is 1. The molecule has 29 heavy (non-hydrogen) atoms. The fourth-order valence-corrected chi connectivity index (χ4v) is 5.66. The van der Waals surface area contributed by atoms with Crippen LogP contribution in [0, 0.1) is 5.92 Å². The third-order valence-electron chi connectivity index (χ3n) is 5.76. The van der Waals surface area contributed by atoms with Crippen LogP contribution in [0.1, 0.15) is 48.0 Å². The maximum absolute atomic E-state index is 12.8. The van der Waals surface area contributed by atoms with E-state index < -0.39 is 0 Å². The van der Waals surface area contributed by atoms with Crippen molar-refractivity contribution in [2.75, 3.05) is 25.0 Å². The molecule has 2 aliphatic rings. The summed E-state index contributed by atoms with van der Waals surface area (Å²) in [6.07, 6.45) is 2.41. The molecule has 0 aliphatic carbocycles. The number of thiophene rings is 1. The highest BCUT2D eigenvalue weighted by Crippen LogP contribution is 2.36. The van der Waals surface area contributed by atoms with Gasteiger partial charge in [-0.25, -0.2) is 0 Å². The number of rotatable bonds is 5. The summed E-state index contributed by atoms with van der Waals surface area (Å²) in [4.78, 5) is 29.6. The molecule has 5 nitrogen and oxygen atoms in total. The first-order valence-electron chi connectivity index (χ1n) is 10.2. The van der Waals surface area contributed by atoms with E-state index in [1.54, 1.807) is 17.4 Å². The van der Waals surface area contributed by atoms with Crippen molar-refractivity contribution in [1.29, 1.82) is 0 Å². The van der Waals surface area contributed by atoms with Crippen molar-refractivity contribution in [3.63, 3.8) is 0 Å². The van der Waals surface area contributed by atoms with E-state index in [0.717, 1.165) is 29.6 Å². The summed E-state index contributed by atoms with van der Waals surface area (Å²) in [6.45, 7) is 6.92. The molecule has 0 radical (unpaired) electrons. The second-order valence-corrected chi connectivity index (χ2v) is 10.3. The number of hydrogen-bond donors (Lipinski definition) is 2. The predicted octanol–water partition coefficient (Wildman–Crippen LogP) is 4.38. The first-order valence-corrected chi connectivity index (χ1v) is 11.9. The minimum absolute atomic E-state index is 0.0165. The SMILES string of the molecule is CC1CCN(C(CNC(=O)c2ccc3c(c2)NC(=O)C(C)S3)c2cccs2)CC1. The van der Waals surface area contributed by atoms with Crippen LogP contribution in [0.4, 0.5) is 5.69 Å². The van der Waals surface area contributed by atoms with Crippen molar-refractivity contribution < 1.29 is 9.59 Å². The molecule has 0 saturated carbocycles. The Morgan fingerprint density at radius 1 is 1.28 bits per heavy atom. The monoisotopic (exact) mass is 429 g/mol. The quantitative estimate of drug-likeness (QED) is 0.740. The van der Waals surface area contributed by atoms with Gasteiger partial charge in [0.15, 0.2) is 0 Å². The van der Waals surface area contributed by atoms with Crippen molar-refractivity contribution in [2.24, 2.45) is 5.92 Å². The van der Waals surface area contributed by atoms with Crippen molar-refractivity contribution in [2.45, 2.75) is 42.9 Å². The van der Waals surface area contributed by atoms with Gasteiger partial charge in [-0.05, 0) is 68.4 Å². The molecule has 2 N–H and O–H groups in total. The summed E-state index contributed by atoms with van der Waals surface area (Å²) >= 11 is 3.28. The van der Waals surface area contributed by atoms with Crippen LogP contribution < -0.4 is 10.6 Å². The van der Waals surface area contributed by atoms with Crippen LogP contribution >= 0.6 is 23.1 Å². The topological polar surface area (TPSA) is 61.4 Å².